The fourth-order valence-electron chi connectivity index (χ4n) is 5.73. The summed E-state index contributed by atoms with van der Waals surface area (Å²) in [6.45, 7) is 1.58. The van der Waals surface area contributed by atoms with Gasteiger partial charge >= 0.3 is 0 Å². The van der Waals surface area contributed by atoms with Crippen LogP contribution in [0.2, 0.25) is 0 Å². The first kappa shape index (κ1) is 43.1. The quantitative estimate of drug-likeness (QED) is 0.0368. The minimum absolute atomic E-state index is 0. The molecule has 7 nitrogen and oxygen atoms in total. The van der Waals surface area contributed by atoms with Gasteiger partial charge in [-0.3, -0.25) is 9.98 Å². The topological polar surface area (TPSA) is 126 Å². The van der Waals surface area contributed by atoms with E-state index < -0.39 is 31.0 Å². The van der Waals surface area contributed by atoms with Crippen molar-refractivity contribution >= 4 is 23.8 Å². The van der Waals surface area contributed by atoms with Crippen LogP contribution in [0.5, 0.6) is 0 Å². The number of benzene rings is 2. The summed E-state index contributed by atoms with van der Waals surface area (Å²) in [5.74, 6) is 0. The van der Waals surface area contributed by atoms with E-state index in [9.17, 15) is 20.4 Å². The number of aliphatic imine (C=N–C) groups is 2. The van der Waals surface area contributed by atoms with E-state index in [1.807, 2.05) is 6.07 Å². The third kappa shape index (κ3) is 20.2. The Balaban J connectivity index is 0.0000110. The van der Waals surface area contributed by atoms with Crippen molar-refractivity contribution < 1.29 is 42.0 Å². The Kier molecular flexibility index (Phi) is 25.6. The summed E-state index contributed by atoms with van der Waals surface area (Å²) in [6.07, 6.45) is 22.0. The van der Waals surface area contributed by atoms with E-state index in [2.05, 4.69) is 35.1 Å². The number of hydrogen-bond acceptors (Lipinski definition) is 7. The molecule has 0 saturated heterocycles. The smallest absolute Gasteiger partial charge is 0.110 e. The molecule has 8 heteroatoms. The zero-order chi connectivity index (χ0) is 33.2. The molecule has 2 aromatic carbocycles. The van der Waals surface area contributed by atoms with Crippen molar-refractivity contribution in [2.45, 2.75) is 153 Å². The van der Waals surface area contributed by atoms with E-state index in [1.165, 1.54) is 115 Å². The van der Waals surface area contributed by atoms with Gasteiger partial charge in [0, 0.05) is 35.3 Å². The minimum atomic E-state index is -1.63. The molecule has 0 aliphatic rings. The Hall–Kier alpha value is -1.93. The van der Waals surface area contributed by atoms with Crippen molar-refractivity contribution in [3.63, 3.8) is 0 Å². The SMILES string of the molecule is CCCCCCCCCCCCCCCCCCCc1cccc(N=CC=Nc2ccc(CC(O)C(O)C(O)C(O)CO)cc2)c1.[Ni]. The van der Waals surface area contributed by atoms with E-state index >= 15 is 0 Å². The number of nitrogens with zero attached hydrogens (tertiary/aromatic N) is 2. The molecular formula is C39H62N2NiO5. The van der Waals surface area contributed by atoms with Crippen LogP contribution in [0.3, 0.4) is 0 Å². The first-order valence-corrected chi connectivity index (χ1v) is 18.0. The van der Waals surface area contributed by atoms with Crippen LogP contribution in [-0.4, -0.2) is 69.0 Å². The summed E-state index contributed by atoms with van der Waals surface area (Å²) in [7, 11) is 0. The first-order chi connectivity index (χ1) is 22.4. The predicted molar refractivity (Wildman–Crippen MR) is 192 cm³/mol. The largest absolute Gasteiger partial charge is 0.394 e. The molecule has 0 aromatic heterocycles. The van der Waals surface area contributed by atoms with E-state index in [0.29, 0.717) is 5.69 Å². The number of aliphatic hydroxyl groups excluding tert-OH is 5. The molecule has 4 unspecified atom stereocenters. The summed E-state index contributed by atoms with van der Waals surface area (Å²) in [6, 6.07) is 15.5. The second kappa shape index (κ2) is 28.0. The summed E-state index contributed by atoms with van der Waals surface area (Å²) in [5, 5.41) is 48.3. The van der Waals surface area contributed by atoms with Crippen molar-refractivity contribution in [1.29, 1.82) is 0 Å². The van der Waals surface area contributed by atoms with Crippen LogP contribution in [0.1, 0.15) is 127 Å². The van der Waals surface area contributed by atoms with Gasteiger partial charge in [0.1, 0.15) is 18.3 Å². The third-order valence-corrected chi connectivity index (χ3v) is 8.70. The normalized spacial score (nSPS) is 14.3. The average molecular weight is 698 g/mol. The van der Waals surface area contributed by atoms with Gasteiger partial charge in [-0.05, 0) is 48.2 Å². The Morgan fingerprint density at radius 1 is 0.553 bits per heavy atom. The molecule has 0 heterocycles. The molecule has 0 aliphatic heterocycles. The minimum Gasteiger partial charge on any atom is -0.394 e. The molecule has 5 N–H and O–H groups in total. The van der Waals surface area contributed by atoms with Gasteiger partial charge in [-0.2, -0.15) is 0 Å². The maximum absolute atomic E-state index is 10.2. The fraction of sp³-hybridized carbons (Fsp3) is 0.641. The van der Waals surface area contributed by atoms with Crippen LogP contribution in [0.4, 0.5) is 11.4 Å². The van der Waals surface area contributed by atoms with E-state index in [1.54, 1.807) is 36.7 Å². The zero-order valence-electron chi connectivity index (χ0n) is 28.7. The number of hydrogen-bond donors (Lipinski definition) is 5. The molecule has 2 rings (SSSR count). The molecule has 268 valence electrons. The predicted octanol–water partition coefficient (Wildman–Crippen LogP) is 7.96. The molecule has 0 radical (unpaired) electrons. The van der Waals surface area contributed by atoms with Crippen molar-refractivity contribution in [2.75, 3.05) is 6.61 Å². The van der Waals surface area contributed by atoms with E-state index in [4.69, 9.17) is 5.11 Å². The van der Waals surface area contributed by atoms with Gasteiger partial charge in [0.2, 0.25) is 0 Å². The fourth-order valence-corrected chi connectivity index (χ4v) is 5.73. The average Bonchev–Trinajstić information content (AvgIpc) is 3.07. The van der Waals surface area contributed by atoms with Crippen LogP contribution in [0.15, 0.2) is 58.5 Å². The van der Waals surface area contributed by atoms with Crippen molar-refractivity contribution in [3.8, 4) is 0 Å². The van der Waals surface area contributed by atoms with Crippen LogP contribution in [-0.2, 0) is 29.3 Å². The maximum atomic E-state index is 10.2. The monoisotopic (exact) mass is 696 g/mol. The van der Waals surface area contributed by atoms with Gasteiger partial charge < -0.3 is 25.5 Å². The first-order valence-electron chi connectivity index (χ1n) is 18.0. The van der Waals surface area contributed by atoms with Crippen molar-refractivity contribution in [3.05, 3.63) is 59.7 Å². The van der Waals surface area contributed by atoms with Gasteiger partial charge in [0.05, 0.1) is 24.1 Å². The number of rotatable bonds is 27. The number of aryl methyl sites for hydroxylation is 1. The van der Waals surface area contributed by atoms with Gasteiger partial charge in [-0.1, -0.05) is 134 Å². The molecule has 2 aromatic rings. The molecule has 0 bridgehead atoms. The summed E-state index contributed by atoms with van der Waals surface area (Å²) in [5.41, 5.74) is 3.68. The van der Waals surface area contributed by atoms with Crippen LogP contribution in [0, 0.1) is 0 Å². The molecule has 47 heavy (non-hydrogen) atoms. The van der Waals surface area contributed by atoms with Crippen LogP contribution < -0.4 is 0 Å². The summed E-state index contributed by atoms with van der Waals surface area (Å²) < 4.78 is 0. The summed E-state index contributed by atoms with van der Waals surface area (Å²) in [4.78, 5) is 8.93. The van der Waals surface area contributed by atoms with Crippen LogP contribution in [0.25, 0.3) is 0 Å². The van der Waals surface area contributed by atoms with E-state index in [-0.39, 0.29) is 22.9 Å². The second-order valence-corrected chi connectivity index (χ2v) is 12.8. The van der Waals surface area contributed by atoms with Gasteiger partial charge in [0.25, 0.3) is 0 Å². The zero-order valence-corrected chi connectivity index (χ0v) is 29.7. The van der Waals surface area contributed by atoms with Gasteiger partial charge in [0.15, 0.2) is 0 Å². The Bertz CT molecular complexity index is 1080. The molecule has 0 saturated carbocycles. The molecule has 0 spiro atoms. The molecular weight excluding hydrogens is 635 g/mol. The third-order valence-electron chi connectivity index (χ3n) is 8.70. The summed E-state index contributed by atoms with van der Waals surface area (Å²) >= 11 is 0. The standard InChI is InChI=1S/C39H62N2O5.Ni/c1-2-3-4-5-6-7-8-9-10-11-12-13-14-15-16-17-18-20-32-21-19-22-35(29-32)41-28-27-40-34-25-23-33(24-26-34)30-36(43)38(45)39(46)37(44)31-42;/h19,21-29,36-39,42-46H,2-18,20,30-31H2,1H3;. The number of aliphatic hydroxyl groups is 5. The Morgan fingerprint density at radius 2 is 1.02 bits per heavy atom. The van der Waals surface area contributed by atoms with Gasteiger partial charge in [-0.25, -0.2) is 0 Å². The molecule has 0 amide bonds. The molecule has 0 aliphatic carbocycles. The molecule has 4 atom stereocenters. The maximum Gasteiger partial charge on any atom is 0.110 e. The van der Waals surface area contributed by atoms with Crippen molar-refractivity contribution in [1.82, 2.24) is 0 Å². The Labute approximate surface area is 294 Å². The molecule has 0 fully saturated rings. The van der Waals surface area contributed by atoms with E-state index in [0.717, 1.165) is 17.7 Å². The van der Waals surface area contributed by atoms with Crippen molar-refractivity contribution in [2.24, 2.45) is 9.98 Å². The Morgan fingerprint density at radius 3 is 1.53 bits per heavy atom. The van der Waals surface area contributed by atoms with Gasteiger partial charge in [-0.15, -0.1) is 0 Å². The van der Waals surface area contributed by atoms with Crippen LogP contribution >= 0.6 is 0 Å². The number of unbranched alkanes of at least 4 members (excludes halogenated alkanes) is 16. The second-order valence-electron chi connectivity index (χ2n) is 12.8.